The molecule has 226 valence electrons. The van der Waals surface area contributed by atoms with E-state index in [1.807, 2.05) is 6.92 Å². The van der Waals surface area contributed by atoms with Crippen LogP contribution in [0, 0.1) is 0 Å². The van der Waals surface area contributed by atoms with Gasteiger partial charge in [-0.3, -0.25) is 14.5 Å². The number of aromatic hydroxyl groups is 2. The van der Waals surface area contributed by atoms with Crippen LogP contribution in [0.25, 0.3) is 0 Å². The second kappa shape index (κ2) is 16.2. The van der Waals surface area contributed by atoms with Crippen molar-refractivity contribution < 1.29 is 38.7 Å². The van der Waals surface area contributed by atoms with Crippen LogP contribution in [0.4, 0.5) is 0 Å². The molecule has 0 saturated carbocycles. The molecule has 1 amide bonds. The Morgan fingerprint density at radius 3 is 2.17 bits per heavy atom. The van der Waals surface area contributed by atoms with Crippen LogP contribution in [0.3, 0.4) is 0 Å². The normalized spacial score (nSPS) is 13.7. The molecule has 2 N–H and O–H groups in total. The maximum absolute atomic E-state index is 13.9. The molecule has 0 bridgehead atoms. The van der Waals surface area contributed by atoms with Crippen LogP contribution in [0.5, 0.6) is 23.0 Å². The Labute approximate surface area is 242 Å². The zero-order chi connectivity index (χ0) is 29.8. The van der Waals surface area contributed by atoms with E-state index in [0.717, 1.165) is 25.7 Å². The van der Waals surface area contributed by atoms with Gasteiger partial charge in [0.1, 0.15) is 18.1 Å². The fraction of sp³-hybridized carbons (Fsp3) is 0.548. The summed E-state index contributed by atoms with van der Waals surface area (Å²) >= 11 is 0. The number of carbonyl (C=O) groups excluding carboxylic acids is 2. The maximum Gasteiger partial charge on any atom is 0.227 e. The van der Waals surface area contributed by atoms with Gasteiger partial charge in [-0.15, -0.1) is 0 Å². The van der Waals surface area contributed by atoms with Crippen LogP contribution in [-0.4, -0.2) is 106 Å². The highest BCUT2D eigenvalue weighted by atomic mass is 16.5. The maximum atomic E-state index is 13.9. The molecule has 10 nitrogen and oxygen atoms in total. The first-order chi connectivity index (χ1) is 19.8. The minimum Gasteiger partial charge on any atom is -0.508 e. The van der Waals surface area contributed by atoms with Crippen molar-refractivity contribution >= 4 is 11.7 Å². The van der Waals surface area contributed by atoms with E-state index in [4.69, 9.17) is 18.9 Å². The average molecular weight is 573 g/mol. The van der Waals surface area contributed by atoms with Crippen LogP contribution >= 0.6 is 0 Å². The third-order valence-corrected chi connectivity index (χ3v) is 7.44. The van der Waals surface area contributed by atoms with Crippen LogP contribution in [0.15, 0.2) is 24.3 Å². The quantitative estimate of drug-likeness (QED) is 0.292. The first-order valence-corrected chi connectivity index (χ1v) is 14.2. The molecule has 41 heavy (non-hydrogen) atoms. The Bertz CT molecular complexity index is 1160. The fourth-order valence-corrected chi connectivity index (χ4v) is 5.16. The van der Waals surface area contributed by atoms with Gasteiger partial charge in [0.25, 0.3) is 0 Å². The van der Waals surface area contributed by atoms with Crippen molar-refractivity contribution in [2.75, 3.05) is 73.9 Å². The number of nitrogens with zero attached hydrogens (tertiary/aromatic N) is 2. The highest BCUT2D eigenvalue weighted by Gasteiger charge is 2.27. The monoisotopic (exact) mass is 572 g/mol. The lowest BCUT2D eigenvalue weighted by Gasteiger charge is -2.26. The molecule has 1 saturated heterocycles. The summed E-state index contributed by atoms with van der Waals surface area (Å²) in [6.45, 7) is 6.62. The van der Waals surface area contributed by atoms with Crippen LogP contribution < -0.4 is 9.47 Å². The molecule has 0 atom stereocenters. The lowest BCUT2D eigenvalue weighted by Crippen LogP contribution is -2.37. The topological polar surface area (TPSA) is 118 Å². The summed E-state index contributed by atoms with van der Waals surface area (Å²) in [6.07, 6.45) is 3.85. The zero-order valence-electron chi connectivity index (χ0n) is 24.7. The largest absolute Gasteiger partial charge is 0.508 e. The highest BCUT2D eigenvalue weighted by molar-refractivity contribution is 6.12. The predicted octanol–water partition coefficient (Wildman–Crippen LogP) is 3.43. The van der Waals surface area contributed by atoms with Crippen molar-refractivity contribution in [1.82, 2.24) is 9.80 Å². The molecular formula is C31H44N2O8. The summed E-state index contributed by atoms with van der Waals surface area (Å²) in [4.78, 5) is 31.2. The van der Waals surface area contributed by atoms with Crippen molar-refractivity contribution in [2.45, 2.75) is 39.0 Å². The number of carbonyl (C=O) groups is 2. The number of phenolic OH excluding ortho intramolecular Hbond substituents is 2. The van der Waals surface area contributed by atoms with Crippen molar-refractivity contribution in [3.63, 3.8) is 0 Å². The molecule has 10 heteroatoms. The molecule has 1 fully saturated rings. The minimum atomic E-state index is -0.488. The Hall–Kier alpha value is -3.34. The minimum absolute atomic E-state index is 0.0211. The van der Waals surface area contributed by atoms with Crippen LogP contribution in [-0.2, 0) is 27.1 Å². The molecule has 0 radical (unpaired) electrons. The van der Waals surface area contributed by atoms with E-state index >= 15 is 0 Å². The summed E-state index contributed by atoms with van der Waals surface area (Å²) in [5, 5.41) is 21.5. The number of hydrogen-bond donors (Lipinski definition) is 2. The Morgan fingerprint density at radius 1 is 0.878 bits per heavy atom. The van der Waals surface area contributed by atoms with Gasteiger partial charge in [0.15, 0.2) is 17.3 Å². The van der Waals surface area contributed by atoms with Gasteiger partial charge in [-0.25, -0.2) is 0 Å². The highest BCUT2D eigenvalue weighted by Crippen LogP contribution is 2.36. The smallest absolute Gasteiger partial charge is 0.227 e. The standard InChI is InChI=1S/C31H44N2O8/c1-5-23-24(20-29(36)33(14-16-38-2)15-17-39-3)30(26(35)21-25(23)34)31(37)22-9-10-27(28(19-22)40-4)41-18-13-32-11-7-6-8-12-32/h9-10,19,21,34-35H,5-8,11-18,20H2,1-4H3. The van der Waals surface area contributed by atoms with Crippen LogP contribution in [0.2, 0.25) is 0 Å². The van der Waals surface area contributed by atoms with Gasteiger partial charge in [-0.05, 0) is 61.7 Å². The summed E-state index contributed by atoms with van der Waals surface area (Å²) in [5.74, 6) is -0.409. The summed E-state index contributed by atoms with van der Waals surface area (Å²) in [6, 6.07) is 6.03. The van der Waals surface area contributed by atoms with E-state index in [2.05, 4.69) is 4.90 Å². The van der Waals surface area contributed by atoms with Gasteiger partial charge in [0.2, 0.25) is 5.91 Å². The predicted molar refractivity (Wildman–Crippen MR) is 155 cm³/mol. The van der Waals surface area contributed by atoms with Crippen molar-refractivity contribution in [2.24, 2.45) is 0 Å². The molecule has 2 aromatic carbocycles. The molecule has 2 aromatic rings. The zero-order valence-corrected chi connectivity index (χ0v) is 24.7. The van der Waals surface area contributed by atoms with Gasteiger partial charge in [0, 0.05) is 45.5 Å². The van der Waals surface area contributed by atoms with E-state index in [-0.39, 0.29) is 29.2 Å². The Balaban J connectivity index is 1.88. The van der Waals surface area contributed by atoms with Gasteiger partial charge in [0.05, 0.1) is 32.3 Å². The molecule has 1 heterocycles. The Kier molecular flexibility index (Phi) is 12.7. The van der Waals surface area contributed by atoms with E-state index in [1.165, 1.54) is 26.4 Å². The number of methoxy groups -OCH3 is 3. The lowest BCUT2D eigenvalue weighted by atomic mass is 9.89. The van der Waals surface area contributed by atoms with E-state index in [0.29, 0.717) is 62.0 Å². The molecule has 0 aliphatic carbocycles. The molecular weight excluding hydrogens is 528 g/mol. The molecule has 0 spiro atoms. The third kappa shape index (κ3) is 8.58. The molecule has 0 aromatic heterocycles. The van der Waals surface area contributed by atoms with E-state index < -0.39 is 11.5 Å². The number of ether oxygens (including phenoxy) is 4. The van der Waals surface area contributed by atoms with Crippen molar-refractivity contribution in [1.29, 1.82) is 0 Å². The Morgan fingerprint density at radius 2 is 1.56 bits per heavy atom. The van der Waals surface area contributed by atoms with E-state index in [1.54, 1.807) is 37.3 Å². The van der Waals surface area contributed by atoms with Gasteiger partial charge in [-0.1, -0.05) is 13.3 Å². The summed E-state index contributed by atoms with van der Waals surface area (Å²) < 4.78 is 21.8. The number of rotatable bonds is 16. The molecule has 1 aliphatic heterocycles. The molecule has 0 unspecified atom stereocenters. The first kappa shape index (κ1) is 32.2. The second-order valence-electron chi connectivity index (χ2n) is 10.1. The fourth-order valence-electron chi connectivity index (χ4n) is 5.16. The number of ketones is 1. The number of benzene rings is 2. The number of phenols is 2. The third-order valence-electron chi connectivity index (χ3n) is 7.44. The van der Waals surface area contributed by atoms with Crippen molar-refractivity contribution in [3.8, 4) is 23.0 Å². The van der Waals surface area contributed by atoms with Crippen molar-refractivity contribution in [3.05, 3.63) is 46.5 Å². The number of hydrogen-bond acceptors (Lipinski definition) is 9. The number of piperidine rings is 1. The number of amides is 1. The number of likely N-dealkylation sites (tertiary alicyclic amines) is 1. The molecule has 1 aliphatic rings. The SMILES string of the molecule is CCc1c(O)cc(O)c(C(=O)c2ccc(OCCN3CCCCC3)c(OC)c2)c1CC(=O)N(CCOC)CCOC. The summed E-state index contributed by atoms with van der Waals surface area (Å²) in [5.41, 5.74) is 0.966. The second-order valence-corrected chi connectivity index (χ2v) is 10.1. The van der Waals surface area contributed by atoms with Gasteiger partial charge < -0.3 is 34.1 Å². The average Bonchev–Trinajstić information content (AvgIpc) is 2.97. The molecule has 3 rings (SSSR count). The van der Waals surface area contributed by atoms with Gasteiger partial charge in [-0.2, -0.15) is 0 Å². The lowest BCUT2D eigenvalue weighted by molar-refractivity contribution is -0.131. The van der Waals surface area contributed by atoms with Crippen LogP contribution in [0.1, 0.15) is 53.2 Å². The van der Waals surface area contributed by atoms with Gasteiger partial charge >= 0.3 is 0 Å². The van der Waals surface area contributed by atoms with E-state index in [9.17, 15) is 19.8 Å². The summed E-state index contributed by atoms with van der Waals surface area (Å²) in [7, 11) is 4.61. The first-order valence-electron chi connectivity index (χ1n) is 14.2.